The van der Waals surface area contributed by atoms with E-state index < -0.39 is 0 Å². The molecule has 1 aliphatic rings. The van der Waals surface area contributed by atoms with Crippen molar-refractivity contribution in [1.29, 1.82) is 0 Å². The standard InChI is InChI=1S/C30H25N5O2/c1-3-25(36)34-21-11-9-19(10-12-21)28-26-24-14-13-23(37-22-7-5-4-6-8-22)17-20(24)15-16-31-29-27(26)30(35(28)2)33-18-32-29/h3-14,17-18H,1,15-16H2,2H3,(H,34,36)(H,31,32,33). The van der Waals surface area contributed by atoms with Crippen LogP contribution >= 0.6 is 0 Å². The molecule has 37 heavy (non-hydrogen) atoms. The van der Waals surface area contributed by atoms with Gasteiger partial charge in [-0.15, -0.1) is 0 Å². The maximum Gasteiger partial charge on any atom is 0.247 e. The Morgan fingerprint density at radius 1 is 1.05 bits per heavy atom. The molecule has 0 radical (unpaired) electrons. The first kappa shape index (κ1) is 22.5. The zero-order valence-corrected chi connectivity index (χ0v) is 20.4. The number of fused-ring (bicyclic) bond motifs is 2. The van der Waals surface area contributed by atoms with E-state index in [0.29, 0.717) is 5.69 Å². The Labute approximate surface area is 214 Å². The molecule has 0 aliphatic carbocycles. The van der Waals surface area contributed by atoms with Crippen LogP contribution in [0.25, 0.3) is 33.4 Å². The summed E-state index contributed by atoms with van der Waals surface area (Å²) >= 11 is 0. The number of benzene rings is 3. The van der Waals surface area contributed by atoms with E-state index >= 15 is 0 Å². The van der Waals surface area contributed by atoms with Gasteiger partial charge in [-0.25, -0.2) is 9.97 Å². The van der Waals surface area contributed by atoms with Crippen molar-refractivity contribution >= 4 is 28.4 Å². The van der Waals surface area contributed by atoms with Gasteiger partial charge >= 0.3 is 0 Å². The van der Waals surface area contributed by atoms with Gasteiger partial charge in [0, 0.05) is 24.8 Å². The molecule has 1 amide bonds. The second-order valence-corrected chi connectivity index (χ2v) is 8.89. The van der Waals surface area contributed by atoms with Crippen molar-refractivity contribution in [1.82, 2.24) is 14.5 Å². The summed E-state index contributed by atoms with van der Waals surface area (Å²) in [5.41, 5.74) is 6.98. The van der Waals surface area contributed by atoms with Crippen LogP contribution in [0, 0.1) is 0 Å². The first-order valence-electron chi connectivity index (χ1n) is 12.1. The summed E-state index contributed by atoms with van der Waals surface area (Å²) in [4.78, 5) is 20.9. The van der Waals surface area contributed by atoms with E-state index in [0.717, 1.165) is 63.7 Å². The maximum atomic E-state index is 11.7. The smallest absolute Gasteiger partial charge is 0.247 e. The lowest BCUT2D eigenvalue weighted by atomic mass is 9.92. The van der Waals surface area contributed by atoms with E-state index in [2.05, 4.69) is 43.9 Å². The van der Waals surface area contributed by atoms with Gasteiger partial charge in [0.25, 0.3) is 0 Å². The topological polar surface area (TPSA) is 81.1 Å². The number of hydrogen-bond acceptors (Lipinski definition) is 5. The molecule has 182 valence electrons. The lowest BCUT2D eigenvalue weighted by molar-refractivity contribution is -0.111. The summed E-state index contributed by atoms with van der Waals surface area (Å²) in [5.74, 6) is 2.18. The number of carbonyl (C=O) groups excluding carboxylic acids is 1. The molecular weight excluding hydrogens is 462 g/mol. The van der Waals surface area contributed by atoms with Crippen LogP contribution in [0.3, 0.4) is 0 Å². The number of aromatic nitrogens is 3. The summed E-state index contributed by atoms with van der Waals surface area (Å²) < 4.78 is 8.25. The third kappa shape index (κ3) is 4.10. The Kier molecular flexibility index (Phi) is 5.65. The number of rotatable bonds is 5. The molecule has 0 bridgehead atoms. The molecule has 0 saturated heterocycles. The first-order chi connectivity index (χ1) is 18.1. The second kappa shape index (κ2) is 9.28. The van der Waals surface area contributed by atoms with Crippen LogP contribution in [-0.4, -0.2) is 27.0 Å². The largest absolute Gasteiger partial charge is 0.457 e. The molecule has 7 heteroatoms. The van der Waals surface area contributed by atoms with Crippen molar-refractivity contribution in [3.8, 4) is 33.9 Å². The van der Waals surface area contributed by atoms with E-state index in [-0.39, 0.29) is 5.91 Å². The van der Waals surface area contributed by atoms with Crippen LogP contribution in [0.1, 0.15) is 5.56 Å². The third-order valence-corrected chi connectivity index (χ3v) is 6.59. The zero-order valence-electron chi connectivity index (χ0n) is 20.4. The number of nitrogens with one attached hydrogen (secondary N) is 2. The number of aryl methyl sites for hydroxylation is 1. The van der Waals surface area contributed by atoms with E-state index in [4.69, 9.17) is 4.74 Å². The fourth-order valence-electron chi connectivity index (χ4n) is 4.92. The molecule has 3 aromatic carbocycles. The highest BCUT2D eigenvalue weighted by atomic mass is 16.5. The van der Waals surface area contributed by atoms with E-state index in [1.165, 1.54) is 11.6 Å². The molecule has 2 aromatic heterocycles. The number of nitrogens with zero attached hydrogens (tertiary/aromatic N) is 3. The number of anilines is 2. The average Bonchev–Trinajstić information content (AvgIpc) is 3.21. The number of carbonyl (C=O) groups is 1. The molecule has 7 nitrogen and oxygen atoms in total. The highest BCUT2D eigenvalue weighted by Crippen LogP contribution is 2.45. The summed E-state index contributed by atoms with van der Waals surface area (Å²) in [5, 5.41) is 7.30. The van der Waals surface area contributed by atoms with Gasteiger partial charge in [0.05, 0.1) is 11.1 Å². The van der Waals surface area contributed by atoms with E-state index in [1.54, 1.807) is 6.33 Å². The van der Waals surface area contributed by atoms with Gasteiger partial charge in [0.15, 0.2) is 0 Å². The number of ether oxygens (including phenoxy) is 1. The van der Waals surface area contributed by atoms with Crippen molar-refractivity contribution in [3.63, 3.8) is 0 Å². The molecule has 0 spiro atoms. The first-order valence-corrected chi connectivity index (χ1v) is 12.1. The Bertz CT molecular complexity index is 1640. The summed E-state index contributed by atoms with van der Waals surface area (Å²) in [6.45, 7) is 4.26. The van der Waals surface area contributed by atoms with Crippen LogP contribution in [0.5, 0.6) is 11.5 Å². The third-order valence-electron chi connectivity index (χ3n) is 6.59. The van der Waals surface area contributed by atoms with Gasteiger partial charge in [0.2, 0.25) is 5.91 Å². The minimum Gasteiger partial charge on any atom is -0.457 e. The fourth-order valence-corrected chi connectivity index (χ4v) is 4.92. The highest BCUT2D eigenvalue weighted by Gasteiger charge is 2.25. The summed E-state index contributed by atoms with van der Waals surface area (Å²) in [6, 6.07) is 23.9. The molecule has 0 fully saturated rings. The lowest BCUT2D eigenvalue weighted by Crippen LogP contribution is -2.10. The van der Waals surface area contributed by atoms with Crippen molar-refractivity contribution in [2.75, 3.05) is 17.2 Å². The van der Waals surface area contributed by atoms with Crippen molar-refractivity contribution in [2.45, 2.75) is 6.42 Å². The van der Waals surface area contributed by atoms with Gasteiger partial charge < -0.3 is 19.9 Å². The summed E-state index contributed by atoms with van der Waals surface area (Å²) in [6.07, 6.45) is 3.67. The Morgan fingerprint density at radius 3 is 2.65 bits per heavy atom. The van der Waals surface area contributed by atoms with Gasteiger partial charge in [0.1, 0.15) is 29.3 Å². The quantitative estimate of drug-likeness (QED) is 0.289. The number of para-hydroxylation sites is 1. The van der Waals surface area contributed by atoms with Crippen LogP contribution in [-0.2, 0) is 18.3 Å². The van der Waals surface area contributed by atoms with Gasteiger partial charge in [-0.1, -0.05) is 43.0 Å². The lowest BCUT2D eigenvalue weighted by Gasteiger charge is -2.18. The summed E-state index contributed by atoms with van der Waals surface area (Å²) in [7, 11) is 2.02. The molecule has 5 aromatic rings. The predicted octanol–water partition coefficient (Wildman–Crippen LogP) is 6.19. The average molecular weight is 488 g/mol. The molecule has 1 aliphatic heterocycles. The molecule has 0 saturated carbocycles. The molecule has 3 heterocycles. The van der Waals surface area contributed by atoms with Crippen LogP contribution < -0.4 is 15.4 Å². The zero-order chi connectivity index (χ0) is 25.4. The Hall–Kier alpha value is -4.91. The molecule has 0 unspecified atom stereocenters. The van der Waals surface area contributed by atoms with Crippen LogP contribution in [0.15, 0.2) is 91.8 Å². The van der Waals surface area contributed by atoms with Crippen LogP contribution in [0.4, 0.5) is 11.5 Å². The normalized spacial score (nSPS) is 12.1. The van der Waals surface area contributed by atoms with Crippen molar-refractivity contribution < 1.29 is 9.53 Å². The van der Waals surface area contributed by atoms with Crippen molar-refractivity contribution in [2.24, 2.45) is 7.05 Å². The molecule has 2 N–H and O–H groups in total. The number of hydrogen-bond donors (Lipinski definition) is 2. The van der Waals surface area contributed by atoms with E-state index in [1.807, 2.05) is 67.7 Å². The van der Waals surface area contributed by atoms with E-state index in [9.17, 15) is 4.79 Å². The molecule has 6 rings (SSSR count). The van der Waals surface area contributed by atoms with Crippen molar-refractivity contribution in [3.05, 3.63) is 97.3 Å². The maximum absolute atomic E-state index is 11.7. The monoisotopic (exact) mass is 487 g/mol. The minimum atomic E-state index is -0.242. The second-order valence-electron chi connectivity index (χ2n) is 8.89. The molecule has 0 atom stereocenters. The molecular formula is C30H25N5O2. The highest BCUT2D eigenvalue weighted by molar-refractivity contribution is 6.09. The number of amides is 1. The van der Waals surface area contributed by atoms with Gasteiger partial charge in [-0.05, 0) is 65.6 Å². The minimum absolute atomic E-state index is 0.242. The fraction of sp³-hybridized carbons (Fsp3) is 0.100. The Balaban J connectivity index is 1.52. The SMILES string of the molecule is C=CC(=O)Nc1ccc(-c2c3c4c(ncnc4n2C)NCCc2cc(Oc4ccccc4)ccc2-3)cc1. The van der Waals surface area contributed by atoms with Gasteiger partial charge in [-0.2, -0.15) is 0 Å². The van der Waals surface area contributed by atoms with Gasteiger partial charge in [-0.3, -0.25) is 4.79 Å². The predicted molar refractivity (Wildman–Crippen MR) is 147 cm³/mol. The van der Waals surface area contributed by atoms with Crippen LogP contribution in [0.2, 0.25) is 0 Å². The Morgan fingerprint density at radius 2 is 1.86 bits per heavy atom.